The van der Waals surface area contributed by atoms with Gasteiger partial charge in [0.1, 0.15) is 0 Å². The van der Waals surface area contributed by atoms with Crippen molar-refractivity contribution in [3.8, 4) is 0 Å². The number of hydrogen-bond acceptors (Lipinski definition) is 1. The molecule has 21 heavy (non-hydrogen) atoms. The summed E-state index contributed by atoms with van der Waals surface area (Å²) in [7, 11) is 2.21. The van der Waals surface area contributed by atoms with E-state index in [0.29, 0.717) is 5.54 Å². The van der Waals surface area contributed by atoms with Gasteiger partial charge in [-0.05, 0) is 74.7 Å². The van der Waals surface area contributed by atoms with E-state index in [4.69, 9.17) is 0 Å². The molecule has 6 unspecified atom stereocenters. The molecule has 0 saturated heterocycles. The first-order chi connectivity index (χ1) is 9.92. The highest BCUT2D eigenvalue weighted by atomic mass is 15.0. The summed E-state index contributed by atoms with van der Waals surface area (Å²) in [6.07, 6.45) is 10.2. The molecule has 0 aromatic carbocycles. The molecule has 0 heterocycles. The molecule has 2 aliphatic carbocycles. The molecule has 2 fully saturated rings. The third-order valence-electron chi connectivity index (χ3n) is 7.11. The van der Waals surface area contributed by atoms with E-state index in [1.165, 1.54) is 44.9 Å². The lowest BCUT2D eigenvalue weighted by molar-refractivity contribution is 0.102. The second-order valence-electron chi connectivity index (χ2n) is 8.76. The van der Waals surface area contributed by atoms with Crippen molar-refractivity contribution in [3.05, 3.63) is 0 Å². The van der Waals surface area contributed by atoms with Gasteiger partial charge in [-0.15, -0.1) is 0 Å². The minimum Gasteiger partial charge on any atom is -0.314 e. The fourth-order valence-corrected chi connectivity index (χ4v) is 6.01. The number of hydrogen-bond donors (Lipinski definition) is 1. The minimum absolute atomic E-state index is 0.361. The fourth-order valence-electron chi connectivity index (χ4n) is 6.01. The molecule has 0 aliphatic heterocycles. The molecule has 2 rings (SSSR count). The van der Waals surface area contributed by atoms with Crippen LogP contribution in [0.15, 0.2) is 0 Å². The maximum absolute atomic E-state index is 3.79. The molecule has 0 amide bonds. The summed E-state index contributed by atoms with van der Waals surface area (Å²) < 4.78 is 0. The van der Waals surface area contributed by atoms with Crippen LogP contribution in [0.25, 0.3) is 0 Å². The Labute approximate surface area is 133 Å². The lowest BCUT2D eigenvalue weighted by Crippen LogP contribution is -2.54. The van der Waals surface area contributed by atoms with Crippen molar-refractivity contribution in [2.45, 2.75) is 85.1 Å². The van der Waals surface area contributed by atoms with E-state index in [9.17, 15) is 0 Å². The minimum atomic E-state index is 0.361. The third kappa shape index (κ3) is 3.49. The molecule has 1 N–H and O–H groups in total. The van der Waals surface area contributed by atoms with Gasteiger partial charge in [0, 0.05) is 5.54 Å². The third-order valence-corrected chi connectivity index (χ3v) is 7.11. The zero-order valence-electron chi connectivity index (χ0n) is 15.4. The van der Waals surface area contributed by atoms with E-state index in [1.807, 2.05) is 0 Å². The molecule has 2 saturated carbocycles. The van der Waals surface area contributed by atoms with Gasteiger partial charge in [-0.25, -0.2) is 0 Å². The summed E-state index contributed by atoms with van der Waals surface area (Å²) in [5.41, 5.74) is 0.361. The zero-order chi connectivity index (χ0) is 15.6. The summed E-state index contributed by atoms with van der Waals surface area (Å²) in [4.78, 5) is 0. The van der Waals surface area contributed by atoms with Crippen LogP contribution in [0.4, 0.5) is 0 Å². The summed E-state index contributed by atoms with van der Waals surface area (Å²) in [5, 5.41) is 3.79. The quantitative estimate of drug-likeness (QED) is 0.682. The Kier molecular flexibility index (Phi) is 5.79. The smallest absolute Gasteiger partial charge is 0.0229 e. The van der Waals surface area contributed by atoms with Crippen LogP contribution in [0.2, 0.25) is 0 Å². The van der Waals surface area contributed by atoms with Crippen molar-refractivity contribution in [1.29, 1.82) is 0 Å². The van der Waals surface area contributed by atoms with Gasteiger partial charge in [-0.1, -0.05) is 47.5 Å². The Morgan fingerprint density at radius 1 is 1.05 bits per heavy atom. The molecule has 0 bridgehead atoms. The molecular weight excluding hydrogens is 254 g/mol. The molecule has 1 nitrogen and oxygen atoms in total. The summed E-state index contributed by atoms with van der Waals surface area (Å²) >= 11 is 0. The molecule has 124 valence electrons. The molecule has 0 spiro atoms. The Morgan fingerprint density at radius 3 is 2.24 bits per heavy atom. The SMILES string of the molecule is CCC(NC)(C(C)C)C1CC(C)CC1CC1CCC(C)C1. The average Bonchev–Trinajstić information content (AvgIpc) is 2.99. The van der Waals surface area contributed by atoms with Crippen molar-refractivity contribution < 1.29 is 0 Å². The predicted octanol–water partition coefficient (Wildman–Crippen LogP) is 5.50. The van der Waals surface area contributed by atoms with Crippen molar-refractivity contribution in [3.63, 3.8) is 0 Å². The Bertz CT molecular complexity index is 318. The van der Waals surface area contributed by atoms with E-state index in [2.05, 4.69) is 47.0 Å². The van der Waals surface area contributed by atoms with E-state index >= 15 is 0 Å². The molecule has 6 atom stereocenters. The van der Waals surface area contributed by atoms with Gasteiger partial charge in [0.25, 0.3) is 0 Å². The van der Waals surface area contributed by atoms with Gasteiger partial charge in [0.2, 0.25) is 0 Å². The van der Waals surface area contributed by atoms with Crippen LogP contribution in [0.5, 0.6) is 0 Å². The van der Waals surface area contributed by atoms with Crippen molar-refractivity contribution in [1.82, 2.24) is 5.32 Å². The lowest BCUT2D eigenvalue weighted by Gasteiger charge is -2.45. The highest BCUT2D eigenvalue weighted by Gasteiger charge is 2.47. The van der Waals surface area contributed by atoms with Gasteiger partial charge in [0.05, 0.1) is 0 Å². The first kappa shape index (κ1) is 17.3. The summed E-state index contributed by atoms with van der Waals surface area (Å²) in [6, 6.07) is 0. The van der Waals surface area contributed by atoms with Crippen LogP contribution in [-0.4, -0.2) is 12.6 Å². The van der Waals surface area contributed by atoms with Crippen LogP contribution >= 0.6 is 0 Å². The topological polar surface area (TPSA) is 12.0 Å². The van der Waals surface area contributed by atoms with Gasteiger partial charge in [-0.3, -0.25) is 0 Å². The van der Waals surface area contributed by atoms with E-state index < -0.39 is 0 Å². The van der Waals surface area contributed by atoms with Crippen LogP contribution in [0, 0.1) is 35.5 Å². The first-order valence-electron chi connectivity index (χ1n) is 9.61. The molecule has 0 radical (unpaired) electrons. The van der Waals surface area contributed by atoms with Gasteiger partial charge < -0.3 is 5.32 Å². The summed E-state index contributed by atoms with van der Waals surface area (Å²) in [5.74, 6) is 5.52. The van der Waals surface area contributed by atoms with Crippen LogP contribution < -0.4 is 5.32 Å². The van der Waals surface area contributed by atoms with Gasteiger partial charge in [-0.2, -0.15) is 0 Å². The monoisotopic (exact) mass is 293 g/mol. The lowest BCUT2D eigenvalue weighted by atomic mass is 9.67. The average molecular weight is 294 g/mol. The second-order valence-corrected chi connectivity index (χ2v) is 8.76. The molecular formula is C20H39N. The standard InChI is InChI=1S/C20H39N/c1-7-20(21-6,14(2)3)19-12-16(5)11-18(19)13-17-9-8-15(4)10-17/h14-19,21H,7-13H2,1-6H3. The van der Waals surface area contributed by atoms with Gasteiger partial charge >= 0.3 is 0 Å². The van der Waals surface area contributed by atoms with Crippen molar-refractivity contribution in [2.75, 3.05) is 7.05 Å². The van der Waals surface area contributed by atoms with Crippen LogP contribution in [-0.2, 0) is 0 Å². The van der Waals surface area contributed by atoms with Crippen molar-refractivity contribution >= 4 is 0 Å². The molecule has 1 heteroatoms. The number of rotatable bonds is 6. The number of nitrogens with one attached hydrogen (secondary N) is 1. The Balaban J connectivity index is 2.11. The Morgan fingerprint density at radius 2 is 1.76 bits per heavy atom. The largest absolute Gasteiger partial charge is 0.314 e. The molecule has 2 aliphatic rings. The highest BCUT2D eigenvalue weighted by Crippen LogP contribution is 2.50. The van der Waals surface area contributed by atoms with E-state index in [-0.39, 0.29) is 0 Å². The van der Waals surface area contributed by atoms with Gasteiger partial charge in [0.15, 0.2) is 0 Å². The first-order valence-corrected chi connectivity index (χ1v) is 9.61. The molecule has 0 aromatic rings. The Hall–Kier alpha value is -0.0400. The highest BCUT2D eigenvalue weighted by molar-refractivity contribution is 5.02. The van der Waals surface area contributed by atoms with Crippen LogP contribution in [0.3, 0.4) is 0 Å². The zero-order valence-corrected chi connectivity index (χ0v) is 15.4. The van der Waals surface area contributed by atoms with Crippen LogP contribution in [0.1, 0.15) is 79.6 Å². The summed E-state index contributed by atoms with van der Waals surface area (Å²) in [6.45, 7) is 12.2. The van der Waals surface area contributed by atoms with E-state index in [1.54, 1.807) is 0 Å². The second kappa shape index (κ2) is 7.02. The maximum Gasteiger partial charge on any atom is 0.0229 e. The molecule has 0 aromatic heterocycles. The van der Waals surface area contributed by atoms with E-state index in [0.717, 1.165) is 35.5 Å². The fraction of sp³-hybridized carbons (Fsp3) is 1.00. The normalized spacial score (nSPS) is 39.9. The predicted molar refractivity (Wildman–Crippen MR) is 93.4 cm³/mol. The maximum atomic E-state index is 3.79. The van der Waals surface area contributed by atoms with Crippen molar-refractivity contribution in [2.24, 2.45) is 35.5 Å².